The maximum Gasteiger partial charge on any atom is 0.314 e. The van der Waals surface area contributed by atoms with Crippen molar-refractivity contribution in [1.82, 2.24) is 0 Å². The molecule has 0 amide bonds. The first-order valence-electron chi connectivity index (χ1n) is 11.1. The molecule has 0 aromatic carbocycles. The predicted octanol–water partition coefficient (Wildman–Crippen LogP) is 2.46. The Morgan fingerprint density at radius 1 is 0.931 bits per heavy atom. The fourth-order valence-electron chi connectivity index (χ4n) is 13.6. The van der Waals surface area contributed by atoms with Crippen LogP contribution in [0.4, 0.5) is 0 Å². The van der Waals surface area contributed by atoms with Crippen molar-refractivity contribution >= 4 is 43.8 Å². The molecule has 10 aliphatic carbocycles. The number of fused-ring (bicyclic) bond motifs is 1. The highest BCUT2D eigenvalue weighted by Gasteiger charge is 3.03. The van der Waals surface area contributed by atoms with Gasteiger partial charge in [-0.05, 0) is 64.1 Å². The molecular formula is C23H16Br2O4. The number of ether oxygens (including phenoxy) is 2. The number of hydrogen-bond donors (Lipinski definition) is 0. The van der Waals surface area contributed by atoms with Crippen LogP contribution in [0.2, 0.25) is 0 Å². The van der Waals surface area contributed by atoms with E-state index in [9.17, 15) is 9.59 Å². The highest BCUT2D eigenvalue weighted by atomic mass is 79.9. The van der Waals surface area contributed by atoms with Gasteiger partial charge in [-0.15, -0.1) is 0 Å². The topological polar surface area (TPSA) is 52.6 Å². The second-order valence-electron chi connectivity index (χ2n) is 11.8. The summed E-state index contributed by atoms with van der Waals surface area (Å²) >= 11 is 8.78. The fourth-order valence-corrected chi connectivity index (χ4v) is 17.1. The zero-order valence-corrected chi connectivity index (χ0v) is 18.6. The molecule has 0 radical (unpaired) electrons. The number of carbonyl (C=O) groups excluding carboxylic acids is 2. The third kappa shape index (κ3) is 0.790. The molecule has 12 aliphatic rings. The number of halogens is 2. The summed E-state index contributed by atoms with van der Waals surface area (Å²) in [6, 6.07) is 0. The van der Waals surface area contributed by atoms with Crippen molar-refractivity contribution in [3.8, 4) is 0 Å². The van der Waals surface area contributed by atoms with Crippen LogP contribution in [0.25, 0.3) is 0 Å². The summed E-state index contributed by atoms with van der Waals surface area (Å²) in [7, 11) is 1.60. The van der Waals surface area contributed by atoms with Gasteiger partial charge < -0.3 is 9.47 Å². The van der Waals surface area contributed by atoms with Crippen molar-refractivity contribution in [1.29, 1.82) is 0 Å². The molecule has 8 fully saturated rings. The first kappa shape index (κ1) is 14.4. The maximum atomic E-state index is 13.8. The molecule has 8 saturated carbocycles. The summed E-state index contributed by atoms with van der Waals surface area (Å²) in [6.45, 7) is 0. The van der Waals surface area contributed by atoms with E-state index in [0.29, 0.717) is 47.3 Å². The average molecular weight is 516 g/mol. The van der Waals surface area contributed by atoms with Crippen LogP contribution in [0, 0.1) is 76.4 Å². The number of rotatable bonds is 1. The molecule has 0 saturated heterocycles. The Labute approximate surface area is 183 Å². The number of esters is 2. The van der Waals surface area contributed by atoms with Gasteiger partial charge in [0.25, 0.3) is 0 Å². The molecule has 2 heterocycles. The molecule has 29 heavy (non-hydrogen) atoms. The molecule has 146 valence electrons. The van der Waals surface area contributed by atoms with Crippen LogP contribution >= 0.6 is 31.9 Å². The van der Waals surface area contributed by atoms with Crippen molar-refractivity contribution in [2.24, 2.45) is 76.4 Å². The van der Waals surface area contributed by atoms with Gasteiger partial charge in [0.15, 0.2) is 0 Å². The fraction of sp³-hybridized carbons (Fsp3) is 0.739. The molecule has 16 unspecified atom stereocenters. The highest BCUT2D eigenvalue weighted by Crippen LogP contribution is 3.01. The molecule has 12 rings (SSSR count). The van der Waals surface area contributed by atoms with Gasteiger partial charge in [0.1, 0.15) is 6.10 Å². The van der Waals surface area contributed by atoms with Crippen molar-refractivity contribution in [2.45, 2.75) is 14.8 Å². The number of methoxy groups -OCH3 is 1. The first-order valence-corrected chi connectivity index (χ1v) is 12.7. The van der Waals surface area contributed by atoms with E-state index in [0.717, 1.165) is 0 Å². The van der Waals surface area contributed by atoms with E-state index in [1.807, 2.05) is 0 Å². The highest BCUT2D eigenvalue weighted by molar-refractivity contribution is 9.10. The zero-order chi connectivity index (χ0) is 18.9. The van der Waals surface area contributed by atoms with Gasteiger partial charge in [-0.3, -0.25) is 9.59 Å². The number of allylic oxidation sites excluding steroid dienone is 1. The van der Waals surface area contributed by atoms with E-state index in [4.69, 9.17) is 9.47 Å². The summed E-state index contributed by atoms with van der Waals surface area (Å²) in [6.07, 6.45) is -0.0158. The maximum absolute atomic E-state index is 13.8. The number of alkyl halides is 2. The molecule has 16 atom stereocenters. The monoisotopic (exact) mass is 514 g/mol. The van der Waals surface area contributed by atoms with Gasteiger partial charge in [-0.2, -0.15) is 0 Å². The van der Waals surface area contributed by atoms with Crippen LogP contribution < -0.4 is 0 Å². The first-order chi connectivity index (χ1) is 14.0. The van der Waals surface area contributed by atoms with Gasteiger partial charge in [0, 0.05) is 17.8 Å². The molecule has 6 heteroatoms. The Morgan fingerprint density at radius 3 is 2.48 bits per heavy atom. The van der Waals surface area contributed by atoms with Gasteiger partial charge in [0.2, 0.25) is 0 Å². The second kappa shape index (κ2) is 3.27. The third-order valence-corrected chi connectivity index (χ3v) is 15.5. The Hall–Kier alpha value is -0.620. The van der Waals surface area contributed by atoms with Crippen LogP contribution in [0.5, 0.6) is 0 Å². The lowest BCUT2D eigenvalue weighted by Gasteiger charge is -2.38. The summed E-state index contributed by atoms with van der Waals surface area (Å²) in [4.78, 5) is 27.3. The molecule has 0 N–H and O–H groups in total. The third-order valence-electron chi connectivity index (χ3n) is 12.6. The van der Waals surface area contributed by atoms with E-state index < -0.39 is 0 Å². The average Bonchev–Trinajstić information content (AvgIpc) is 3.46. The molecule has 2 aliphatic heterocycles. The smallest absolute Gasteiger partial charge is 0.314 e. The van der Waals surface area contributed by atoms with Crippen LogP contribution in [-0.4, -0.2) is 33.8 Å². The lowest BCUT2D eigenvalue weighted by molar-refractivity contribution is -0.160. The molecule has 0 spiro atoms. The Morgan fingerprint density at radius 2 is 1.69 bits per heavy atom. The second-order valence-corrected chi connectivity index (χ2v) is 14.4. The van der Waals surface area contributed by atoms with Crippen molar-refractivity contribution in [3.63, 3.8) is 0 Å². The SMILES string of the molecule is COC(=O)C12C3C4C5C6C7=C8C9C(=O)OC6C6=C%10C9C(C8C1C74Br)C2C%10(Br)C3C65. The summed E-state index contributed by atoms with van der Waals surface area (Å²) in [5.74, 6) is 4.47. The predicted molar refractivity (Wildman–Crippen MR) is 104 cm³/mol. The standard InChI is InChI=1S/C23H16Br2O4/c1-28-20(27)21-15-13-2-3-10-12-5-7(18(21)23(12,25)14(3)15)6-4-8(5)19(26)29-16(10)9(2)11(4)22(13,24)17(6)21/h2-4,6-8,10,13-18H,1H3. The van der Waals surface area contributed by atoms with Crippen molar-refractivity contribution < 1.29 is 19.1 Å². The van der Waals surface area contributed by atoms with E-state index in [1.165, 1.54) is 11.1 Å². The summed E-state index contributed by atoms with van der Waals surface area (Å²) in [5, 5.41) is 0. The number of carbonyl (C=O) groups is 2. The zero-order valence-electron chi connectivity index (χ0n) is 15.4. The molecule has 0 aromatic rings. The van der Waals surface area contributed by atoms with E-state index in [-0.39, 0.29) is 55.8 Å². The minimum atomic E-state index is -0.371. The van der Waals surface area contributed by atoms with E-state index >= 15 is 0 Å². The van der Waals surface area contributed by atoms with Crippen molar-refractivity contribution in [3.05, 3.63) is 22.3 Å². The van der Waals surface area contributed by atoms with Gasteiger partial charge in [-0.1, -0.05) is 37.4 Å². The normalized spacial score (nSPS) is 76.4. The quantitative estimate of drug-likeness (QED) is 0.306. The summed E-state index contributed by atoms with van der Waals surface area (Å²) < 4.78 is 11.8. The van der Waals surface area contributed by atoms with E-state index in [1.54, 1.807) is 18.3 Å². The minimum absolute atomic E-state index is 0.0158. The van der Waals surface area contributed by atoms with Gasteiger partial charge >= 0.3 is 11.9 Å². The van der Waals surface area contributed by atoms with E-state index in [2.05, 4.69) is 31.9 Å². The largest absolute Gasteiger partial charge is 0.469 e. The van der Waals surface area contributed by atoms with Crippen LogP contribution in [-0.2, 0) is 19.1 Å². The lowest BCUT2D eigenvalue weighted by Crippen LogP contribution is -2.46. The molecule has 4 nitrogen and oxygen atoms in total. The van der Waals surface area contributed by atoms with Crippen molar-refractivity contribution in [2.75, 3.05) is 7.11 Å². The molecule has 0 aromatic heterocycles. The molecular weight excluding hydrogens is 500 g/mol. The minimum Gasteiger partial charge on any atom is -0.469 e. The Balaban J connectivity index is 1.45. The van der Waals surface area contributed by atoms with Gasteiger partial charge in [-0.25, -0.2) is 0 Å². The lowest BCUT2D eigenvalue weighted by atomic mass is 9.68. The van der Waals surface area contributed by atoms with Crippen LogP contribution in [0.3, 0.4) is 0 Å². The Bertz CT molecular complexity index is 1220. The Kier molecular flexibility index (Phi) is 1.63. The number of hydrogen-bond acceptors (Lipinski definition) is 4. The van der Waals surface area contributed by atoms with Gasteiger partial charge in [0.05, 0.1) is 27.1 Å². The van der Waals surface area contributed by atoms with Crippen LogP contribution in [0.1, 0.15) is 0 Å². The van der Waals surface area contributed by atoms with Crippen LogP contribution in [0.15, 0.2) is 22.3 Å². The summed E-state index contributed by atoms with van der Waals surface area (Å²) in [5.41, 5.74) is 5.68. The molecule has 2 bridgehead atoms.